The van der Waals surface area contributed by atoms with Crippen LogP contribution in [0.5, 0.6) is 0 Å². The molecule has 1 aliphatic heterocycles. The minimum absolute atomic E-state index is 0.0504. The molecule has 3 rings (SSSR count). The second-order valence-corrected chi connectivity index (χ2v) is 9.25. The standard InChI is InChI=1S/C26H28F6N4O4/c1-17(37)10-11-33-23(39)34-21-8-4-19(5-9-21)22(38)36-14-12-35(13-15-36)16-18-2-6-20(7-3-18)24(40,25(27,28)29)26(30,31)32/h2-9,37,40H,1,10-16H2,(H2,33,34,39). The summed E-state index contributed by atoms with van der Waals surface area (Å²) in [5.74, 6) is -0.286. The fourth-order valence-electron chi connectivity index (χ4n) is 4.08. The van der Waals surface area contributed by atoms with Gasteiger partial charge in [0, 0.05) is 62.5 Å². The lowest BCUT2D eigenvalue weighted by Gasteiger charge is -2.35. The van der Waals surface area contributed by atoms with Crippen LogP contribution in [0, 0.1) is 0 Å². The Balaban J connectivity index is 1.52. The van der Waals surface area contributed by atoms with Gasteiger partial charge in [0.15, 0.2) is 0 Å². The van der Waals surface area contributed by atoms with E-state index < -0.39 is 29.5 Å². The first kappa shape index (κ1) is 30.8. The van der Waals surface area contributed by atoms with Crippen LogP contribution in [-0.4, -0.2) is 77.0 Å². The number of carbonyl (C=O) groups excluding carboxylic acids is 2. The normalized spacial score (nSPS) is 15.0. The molecule has 14 heteroatoms. The van der Waals surface area contributed by atoms with E-state index in [1.807, 2.05) is 4.90 Å². The third kappa shape index (κ3) is 7.24. The number of amides is 3. The van der Waals surface area contributed by atoms with Gasteiger partial charge >= 0.3 is 18.4 Å². The highest BCUT2D eigenvalue weighted by atomic mass is 19.4. The van der Waals surface area contributed by atoms with E-state index in [9.17, 15) is 41.0 Å². The number of halogens is 6. The van der Waals surface area contributed by atoms with Crippen LogP contribution in [0.4, 0.5) is 36.8 Å². The van der Waals surface area contributed by atoms with Crippen molar-refractivity contribution in [2.24, 2.45) is 0 Å². The zero-order valence-electron chi connectivity index (χ0n) is 21.1. The van der Waals surface area contributed by atoms with Crippen molar-refractivity contribution in [1.82, 2.24) is 15.1 Å². The molecular weight excluding hydrogens is 546 g/mol. The Labute approximate surface area is 225 Å². The Kier molecular flexibility index (Phi) is 9.36. The van der Waals surface area contributed by atoms with Crippen LogP contribution >= 0.6 is 0 Å². The number of anilines is 1. The summed E-state index contributed by atoms with van der Waals surface area (Å²) in [4.78, 5) is 28.2. The van der Waals surface area contributed by atoms with E-state index in [1.54, 1.807) is 29.2 Å². The molecule has 0 radical (unpaired) electrons. The van der Waals surface area contributed by atoms with Crippen LogP contribution in [0.15, 0.2) is 60.9 Å². The first-order valence-electron chi connectivity index (χ1n) is 12.1. The van der Waals surface area contributed by atoms with Gasteiger partial charge in [-0.25, -0.2) is 4.79 Å². The molecule has 4 N–H and O–H groups in total. The summed E-state index contributed by atoms with van der Waals surface area (Å²) in [6.07, 6.45) is -11.7. The van der Waals surface area contributed by atoms with Gasteiger partial charge in [-0.05, 0) is 29.8 Å². The maximum absolute atomic E-state index is 13.1. The number of rotatable bonds is 8. The minimum Gasteiger partial charge on any atom is -0.513 e. The highest BCUT2D eigenvalue weighted by Crippen LogP contribution is 2.49. The highest BCUT2D eigenvalue weighted by molar-refractivity contribution is 5.95. The van der Waals surface area contributed by atoms with Crippen LogP contribution in [0.1, 0.15) is 27.9 Å². The van der Waals surface area contributed by atoms with Crippen LogP contribution in [0.3, 0.4) is 0 Å². The molecule has 218 valence electrons. The van der Waals surface area contributed by atoms with Crippen molar-refractivity contribution in [2.75, 3.05) is 38.0 Å². The lowest BCUT2D eigenvalue weighted by Crippen LogP contribution is -2.53. The molecule has 2 aromatic rings. The monoisotopic (exact) mass is 574 g/mol. The smallest absolute Gasteiger partial charge is 0.430 e. The quantitative estimate of drug-likeness (QED) is 0.274. The number of nitrogens with zero attached hydrogens (tertiary/aromatic N) is 2. The van der Waals surface area contributed by atoms with E-state index in [2.05, 4.69) is 17.2 Å². The van der Waals surface area contributed by atoms with E-state index in [0.717, 1.165) is 12.1 Å². The number of hydrogen-bond acceptors (Lipinski definition) is 5. The molecule has 3 amide bonds. The Morgan fingerprint density at radius 3 is 1.93 bits per heavy atom. The molecule has 0 saturated carbocycles. The average Bonchev–Trinajstić information content (AvgIpc) is 2.87. The first-order chi connectivity index (χ1) is 18.6. The van der Waals surface area contributed by atoms with Crippen LogP contribution < -0.4 is 10.6 Å². The van der Waals surface area contributed by atoms with E-state index in [1.165, 1.54) is 0 Å². The Hall–Kier alpha value is -3.78. The molecule has 0 aliphatic carbocycles. The molecule has 0 unspecified atom stereocenters. The summed E-state index contributed by atoms with van der Waals surface area (Å²) in [5, 5.41) is 23.7. The van der Waals surface area contributed by atoms with Crippen molar-refractivity contribution >= 4 is 17.6 Å². The van der Waals surface area contributed by atoms with Gasteiger partial charge in [0.1, 0.15) is 0 Å². The van der Waals surface area contributed by atoms with Crippen LogP contribution in [0.2, 0.25) is 0 Å². The fraction of sp³-hybridized carbons (Fsp3) is 0.385. The maximum atomic E-state index is 13.1. The number of benzene rings is 2. The highest BCUT2D eigenvalue weighted by Gasteiger charge is 2.71. The lowest BCUT2D eigenvalue weighted by atomic mass is 9.91. The zero-order chi connectivity index (χ0) is 29.7. The lowest BCUT2D eigenvalue weighted by molar-refractivity contribution is -0.376. The predicted octanol–water partition coefficient (Wildman–Crippen LogP) is 4.54. The maximum Gasteiger partial charge on any atom is 0.430 e. The van der Waals surface area contributed by atoms with Gasteiger partial charge in [-0.15, -0.1) is 0 Å². The summed E-state index contributed by atoms with van der Waals surface area (Å²) in [6, 6.07) is 9.21. The number of aliphatic hydroxyl groups excluding tert-OH is 1. The summed E-state index contributed by atoms with van der Waals surface area (Å²) in [6.45, 7) is 5.28. The number of urea groups is 1. The molecular formula is C26H28F6N4O4. The molecule has 0 aromatic heterocycles. The summed E-state index contributed by atoms with van der Waals surface area (Å²) in [7, 11) is 0. The van der Waals surface area contributed by atoms with Crippen molar-refractivity contribution in [3.63, 3.8) is 0 Å². The molecule has 1 heterocycles. The van der Waals surface area contributed by atoms with Crippen molar-refractivity contribution in [3.05, 3.63) is 77.6 Å². The van der Waals surface area contributed by atoms with E-state index in [0.29, 0.717) is 55.1 Å². The van der Waals surface area contributed by atoms with Gasteiger partial charge in [0.25, 0.3) is 11.5 Å². The number of nitrogens with one attached hydrogen (secondary N) is 2. The van der Waals surface area contributed by atoms with Crippen molar-refractivity contribution in [2.45, 2.75) is 30.9 Å². The number of carbonyl (C=O) groups is 2. The van der Waals surface area contributed by atoms with Gasteiger partial charge in [0.2, 0.25) is 0 Å². The zero-order valence-corrected chi connectivity index (χ0v) is 21.1. The largest absolute Gasteiger partial charge is 0.513 e. The second kappa shape index (κ2) is 12.2. The van der Waals surface area contributed by atoms with Crippen LogP contribution in [-0.2, 0) is 12.1 Å². The number of alkyl halides is 6. The summed E-state index contributed by atoms with van der Waals surface area (Å²) < 4.78 is 78.5. The molecule has 2 aromatic carbocycles. The average molecular weight is 575 g/mol. The van der Waals surface area contributed by atoms with Gasteiger partial charge in [-0.1, -0.05) is 30.8 Å². The SMILES string of the molecule is C=C(O)CCNC(=O)Nc1ccc(C(=O)N2CCN(Cc3ccc(C(O)(C(F)(F)F)C(F)(F)F)cc3)CC2)cc1. The topological polar surface area (TPSA) is 105 Å². The number of hydrogen-bond donors (Lipinski definition) is 4. The molecule has 1 fully saturated rings. The summed E-state index contributed by atoms with van der Waals surface area (Å²) in [5.41, 5.74) is -4.99. The molecule has 40 heavy (non-hydrogen) atoms. The molecule has 8 nitrogen and oxygen atoms in total. The van der Waals surface area contributed by atoms with Gasteiger partial charge in [-0.2, -0.15) is 26.3 Å². The Morgan fingerprint density at radius 2 is 1.43 bits per heavy atom. The summed E-state index contributed by atoms with van der Waals surface area (Å²) >= 11 is 0. The van der Waals surface area contributed by atoms with Crippen molar-refractivity contribution in [1.29, 1.82) is 0 Å². The second-order valence-electron chi connectivity index (χ2n) is 9.25. The Morgan fingerprint density at radius 1 is 0.875 bits per heavy atom. The molecule has 1 aliphatic rings. The molecule has 1 saturated heterocycles. The number of aliphatic hydroxyl groups is 2. The Bertz CT molecular complexity index is 1180. The third-order valence-corrected chi connectivity index (χ3v) is 6.35. The van der Waals surface area contributed by atoms with Crippen molar-refractivity contribution < 1.29 is 46.1 Å². The molecule has 0 atom stereocenters. The third-order valence-electron chi connectivity index (χ3n) is 6.35. The van der Waals surface area contributed by atoms with E-state index in [-0.39, 0.29) is 31.2 Å². The predicted molar refractivity (Wildman–Crippen MR) is 133 cm³/mol. The van der Waals surface area contributed by atoms with E-state index in [4.69, 9.17) is 5.11 Å². The van der Waals surface area contributed by atoms with E-state index >= 15 is 0 Å². The number of piperazine rings is 1. The van der Waals surface area contributed by atoms with Gasteiger partial charge in [-0.3, -0.25) is 9.69 Å². The fourth-order valence-corrected chi connectivity index (χ4v) is 4.08. The minimum atomic E-state index is -5.95. The first-order valence-corrected chi connectivity index (χ1v) is 12.1. The van der Waals surface area contributed by atoms with Crippen molar-refractivity contribution in [3.8, 4) is 0 Å². The van der Waals surface area contributed by atoms with Gasteiger partial charge < -0.3 is 25.7 Å². The van der Waals surface area contributed by atoms with Gasteiger partial charge in [0.05, 0.1) is 5.76 Å². The van der Waals surface area contributed by atoms with Crippen LogP contribution in [0.25, 0.3) is 0 Å². The molecule has 0 spiro atoms. The molecule has 0 bridgehead atoms.